The fourth-order valence-corrected chi connectivity index (χ4v) is 1.01. The molecule has 1 unspecified atom stereocenters. The molecule has 1 rings (SSSR count). The first-order valence-electron chi connectivity index (χ1n) is 4.19. The molecule has 0 amide bonds. The Morgan fingerprint density at radius 3 is 2.77 bits per heavy atom. The van der Waals surface area contributed by atoms with E-state index in [1.54, 1.807) is 6.20 Å². The average Bonchev–Trinajstić information content (AvgIpc) is 2.09. The molecule has 3 nitrogen and oxygen atoms in total. The summed E-state index contributed by atoms with van der Waals surface area (Å²) < 4.78 is 0. The van der Waals surface area contributed by atoms with Crippen molar-refractivity contribution < 1.29 is 0 Å². The molecule has 0 spiro atoms. The fourth-order valence-electron chi connectivity index (χ4n) is 1.01. The van der Waals surface area contributed by atoms with E-state index in [4.69, 9.17) is 11.5 Å². The van der Waals surface area contributed by atoms with Gasteiger partial charge in [0, 0.05) is 18.7 Å². The second kappa shape index (κ2) is 5.78. The van der Waals surface area contributed by atoms with Gasteiger partial charge in [-0.15, -0.1) is 12.4 Å². The Bertz CT molecular complexity index is 252. The van der Waals surface area contributed by atoms with Crippen LogP contribution < -0.4 is 11.5 Å². The van der Waals surface area contributed by atoms with Crippen LogP contribution in [-0.2, 0) is 6.42 Å². The number of hydrogen-bond acceptors (Lipinski definition) is 3. The van der Waals surface area contributed by atoms with E-state index in [1.807, 2.05) is 12.1 Å². The molecular formula is C9H16ClN3. The van der Waals surface area contributed by atoms with Gasteiger partial charge in [0.2, 0.25) is 0 Å². The van der Waals surface area contributed by atoms with E-state index < -0.39 is 0 Å². The Kier molecular flexibility index (Phi) is 5.42. The molecule has 0 aliphatic heterocycles. The van der Waals surface area contributed by atoms with Crippen molar-refractivity contribution in [1.29, 1.82) is 0 Å². The van der Waals surface area contributed by atoms with E-state index in [2.05, 4.69) is 11.9 Å². The van der Waals surface area contributed by atoms with Crippen LogP contribution in [0.5, 0.6) is 0 Å². The van der Waals surface area contributed by atoms with Gasteiger partial charge in [-0.3, -0.25) is 4.98 Å². The van der Waals surface area contributed by atoms with Crippen LogP contribution in [-0.4, -0.2) is 11.0 Å². The Hall–Kier alpha value is -0.800. The Morgan fingerprint density at radius 1 is 1.54 bits per heavy atom. The number of halogens is 1. The number of hydrogen-bond donors (Lipinski definition) is 2. The number of pyridine rings is 1. The molecule has 1 atom stereocenters. The van der Waals surface area contributed by atoms with Crippen LogP contribution in [0.15, 0.2) is 18.3 Å². The average molecular weight is 202 g/mol. The fraction of sp³-hybridized carbons (Fsp3) is 0.444. The van der Waals surface area contributed by atoms with E-state index in [1.165, 1.54) is 0 Å². The summed E-state index contributed by atoms with van der Waals surface area (Å²) in [6.45, 7) is 2.06. The normalized spacial score (nSPS) is 11.8. The molecule has 0 bridgehead atoms. The third-order valence-electron chi connectivity index (χ3n) is 1.91. The summed E-state index contributed by atoms with van der Waals surface area (Å²) in [7, 11) is 0. The Labute approximate surface area is 84.9 Å². The number of rotatable bonds is 3. The Balaban J connectivity index is 0.00000144. The summed E-state index contributed by atoms with van der Waals surface area (Å²) in [4.78, 5) is 4.16. The summed E-state index contributed by atoms with van der Waals surface area (Å²) >= 11 is 0. The van der Waals surface area contributed by atoms with Gasteiger partial charge >= 0.3 is 0 Å². The van der Waals surface area contributed by atoms with Crippen molar-refractivity contribution in [3.05, 3.63) is 24.0 Å². The molecule has 0 aliphatic carbocycles. The maximum Gasteiger partial charge on any atom is 0.0647 e. The molecule has 1 aromatic rings. The van der Waals surface area contributed by atoms with Crippen molar-refractivity contribution in [1.82, 2.24) is 4.98 Å². The van der Waals surface area contributed by atoms with Crippen LogP contribution in [0.1, 0.15) is 19.0 Å². The molecule has 1 aromatic heterocycles. The maximum absolute atomic E-state index is 5.78. The highest BCUT2D eigenvalue weighted by molar-refractivity contribution is 5.85. The lowest BCUT2D eigenvalue weighted by Gasteiger charge is -2.08. The summed E-state index contributed by atoms with van der Waals surface area (Å²) in [5, 5.41) is 0. The lowest BCUT2D eigenvalue weighted by Crippen LogP contribution is -2.22. The smallest absolute Gasteiger partial charge is 0.0647 e. The van der Waals surface area contributed by atoms with Gasteiger partial charge in [0.25, 0.3) is 0 Å². The standard InChI is InChI=1S/C9H15N3.ClH/c1-2-7(10)6-9-8(11)4-3-5-12-9;/h3-5,7H,2,6,10-11H2,1H3;1H. The number of aromatic nitrogens is 1. The predicted octanol–water partition coefficient (Wildman–Crippen LogP) is 1.37. The lowest BCUT2D eigenvalue weighted by molar-refractivity contribution is 0.638. The zero-order chi connectivity index (χ0) is 8.97. The molecule has 1 heterocycles. The highest BCUT2D eigenvalue weighted by atomic mass is 35.5. The number of nitrogens with two attached hydrogens (primary N) is 2. The highest BCUT2D eigenvalue weighted by Gasteiger charge is 2.04. The van der Waals surface area contributed by atoms with E-state index in [0.717, 1.165) is 24.2 Å². The summed E-state index contributed by atoms with van der Waals surface area (Å²) in [5.74, 6) is 0. The van der Waals surface area contributed by atoms with Gasteiger partial charge in [0.15, 0.2) is 0 Å². The summed E-state index contributed by atoms with van der Waals surface area (Å²) in [6.07, 6.45) is 3.47. The third kappa shape index (κ3) is 3.61. The van der Waals surface area contributed by atoms with Crippen molar-refractivity contribution in [2.45, 2.75) is 25.8 Å². The molecule has 13 heavy (non-hydrogen) atoms. The van der Waals surface area contributed by atoms with Gasteiger partial charge in [-0.1, -0.05) is 6.92 Å². The molecule has 0 saturated heterocycles. The van der Waals surface area contributed by atoms with Crippen molar-refractivity contribution in [2.75, 3.05) is 5.73 Å². The largest absolute Gasteiger partial charge is 0.397 e. The number of nitrogens with zero attached hydrogens (tertiary/aromatic N) is 1. The number of nitrogen functional groups attached to an aromatic ring is 1. The van der Waals surface area contributed by atoms with Gasteiger partial charge in [-0.25, -0.2) is 0 Å². The first-order chi connectivity index (χ1) is 5.74. The minimum Gasteiger partial charge on any atom is -0.397 e. The van der Waals surface area contributed by atoms with Crippen LogP contribution in [0.3, 0.4) is 0 Å². The van der Waals surface area contributed by atoms with Gasteiger partial charge in [-0.05, 0) is 18.6 Å². The molecular weight excluding hydrogens is 186 g/mol. The second-order valence-electron chi connectivity index (χ2n) is 2.91. The molecule has 0 saturated carbocycles. The van der Waals surface area contributed by atoms with E-state index in [9.17, 15) is 0 Å². The van der Waals surface area contributed by atoms with Crippen molar-refractivity contribution in [2.24, 2.45) is 5.73 Å². The Morgan fingerprint density at radius 2 is 2.23 bits per heavy atom. The highest BCUT2D eigenvalue weighted by Crippen LogP contribution is 2.09. The first-order valence-corrected chi connectivity index (χ1v) is 4.19. The van der Waals surface area contributed by atoms with Crippen LogP contribution in [0.4, 0.5) is 5.69 Å². The van der Waals surface area contributed by atoms with E-state index >= 15 is 0 Å². The third-order valence-corrected chi connectivity index (χ3v) is 1.91. The summed E-state index contributed by atoms with van der Waals surface area (Å²) in [5.41, 5.74) is 13.1. The van der Waals surface area contributed by atoms with Gasteiger partial charge in [0.1, 0.15) is 0 Å². The van der Waals surface area contributed by atoms with Gasteiger partial charge in [-0.2, -0.15) is 0 Å². The molecule has 0 radical (unpaired) electrons. The summed E-state index contributed by atoms with van der Waals surface area (Å²) in [6, 6.07) is 3.85. The van der Waals surface area contributed by atoms with Crippen LogP contribution >= 0.6 is 12.4 Å². The van der Waals surface area contributed by atoms with Crippen LogP contribution in [0, 0.1) is 0 Å². The van der Waals surface area contributed by atoms with E-state index in [-0.39, 0.29) is 18.4 Å². The molecule has 74 valence electrons. The van der Waals surface area contributed by atoms with Gasteiger partial charge < -0.3 is 11.5 Å². The van der Waals surface area contributed by atoms with E-state index in [0.29, 0.717) is 0 Å². The molecule has 0 fully saturated rings. The molecule has 4 heteroatoms. The molecule has 4 N–H and O–H groups in total. The SMILES string of the molecule is CCC(N)Cc1ncccc1N.Cl. The molecule has 0 aliphatic rings. The predicted molar refractivity (Wildman–Crippen MR) is 57.9 cm³/mol. The van der Waals surface area contributed by atoms with Crippen molar-refractivity contribution >= 4 is 18.1 Å². The van der Waals surface area contributed by atoms with Crippen molar-refractivity contribution in [3.8, 4) is 0 Å². The zero-order valence-electron chi connectivity index (χ0n) is 7.73. The minimum atomic E-state index is 0. The monoisotopic (exact) mass is 201 g/mol. The maximum atomic E-state index is 5.78. The first kappa shape index (κ1) is 12.2. The van der Waals surface area contributed by atoms with Gasteiger partial charge in [0.05, 0.1) is 11.4 Å². The topological polar surface area (TPSA) is 64.9 Å². The second-order valence-corrected chi connectivity index (χ2v) is 2.91. The van der Waals surface area contributed by atoms with Crippen LogP contribution in [0.2, 0.25) is 0 Å². The number of anilines is 1. The molecule has 0 aromatic carbocycles. The minimum absolute atomic E-state index is 0. The van der Waals surface area contributed by atoms with Crippen LogP contribution in [0.25, 0.3) is 0 Å². The zero-order valence-corrected chi connectivity index (χ0v) is 8.55. The van der Waals surface area contributed by atoms with Crippen molar-refractivity contribution in [3.63, 3.8) is 0 Å². The quantitative estimate of drug-likeness (QED) is 0.777. The lowest BCUT2D eigenvalue weighted by atomic mass is 10.1.